The molecular formula is C15H30N2O. The second-order valence-electron chi connectivity index (χ2n) is 6.74. The summed E-state index contributed by atoms with van der Waals surface area (Å²) in [5.74, 6) is 0. The summed E-state index contributed by atoms with van der Waals surface area (Å²) in [5.41, 5.74) is 0.108. The molecule has 0 aromatic rings. The zero-order valence-corrected chi connectivity index (χ0v) is 12.4. The van der Waals surface area contributed by atoms with Crippen molar-refractivity contribution in [3.8, 4) is 0 Å². The fraction of sp³-hybridized carbons (Fsp3) is 1.00. The third kappa shape index (κ3) is 4.52. The maximum absolute atomic E-state index is 6.05. The first-order chi connectivity index (χ1) is 8.55. The van der Waals surface area contributed by atoms with Crippen LogP contribution in [0.5, 0.6) is 0 Å². The van der Waals surface area contributed by atoms with Gasteiger partial charge in [0.15, 0.2) is 0 Å². The molecule has 0 amide bonds. The van der Waals surface area contributed by atoms with Crippen LogP contribution in [0.25, 0.3) is 0 Å². The second kappa shape index (κ2) is 6.36. The summed E-state index contributed by atoms with van der Waals surface area (Å²) in [4.78, 5) is 2.45. The van der Waals surface area contributed by atoms with Gasteiger partial charge in [-0.1, -0.05) is 6.42 Å². The zero-order valence-electron chi connectivity index (χ0n) is 12.4. The molecule has 1 N–H and O–H groups in total. The summed E-state index contributed by atoms with van der Waals surface area (Å²) in [6.07, 6.45) is 8.28. The van der Waals surface area contributed by atoms with Gasteiger partial charge in [0.05, 0.1) is 11.7 Å². The van der Waals surface area contributed by atoms with Crippen molar-refractivity contribution in [2.24, 2.45) is 0 Å². The van der Waals surface area contributed by atoms with Crippen LogP contribution in [0.15, 0.2) is 0 Å². The summed E-state index contributed by atoms with van der Waals surface area (Å²) < 4.78 is 6.05. The Balaban J connectivity index is 1.61. The molecule has 0 aromatic heterocycles. The fourth-order valence-corrected chi connectivity index (χ4v) is 3.19. The molecule has 2 saturated heterocycles. The highest BCUT2D eigenvalue weighted by molar-refractivity contribution is 4.82. The Labute approximate surface area is 112 Å². The van der Waals surface area contributed by atoms with E-state index in [1.807, 2.05) is 0 Å². The summed E-state index contributed by atoms with van der Waals surface area (Å²) in [6.45, 7) is 7.92. The average molecular weight is 254 g/mol. The molecule has 2 unspecified atom stereocenters. The van der Waals surface area contributed by atoms with Crippen LogP contribution < -0.4 is 5.32 Å². The van der Waals surface area contributed by atoms with Crippen molar-refractivity contribution in [1.82, 2.24) is 10.2 Å². The molecule has 0 aromatic carbocycles. The lowest BCUT2D eigenvalue weighted by atomic mass is 10.0. The molecule has 106 valence electrons. The van der Waals surface area contributed by atoms with E-state index in [1.54, 1.807) is 0 Å². The molecule has 2 aliphatic rings. The molecule has 2 aliphatic heterocycles. The van der Waals surface area contributed by atoms with E-state index in [0.717, 1.165) is 12.6 Å². The number of piperidine rings is 1. The van der Waals surface area contributed by atoms with E-state index in [4.69, 9.17) is 4.74 Å². The van der Waals surface area contributed by atoms with Gasteiger partial charge < -0.3 is 15.0 Å². The van der Waals surface area contributed by atoms with Crippen molar-refractivity contribution in [2.45, 2.75) is 70.1 Å². The third-order valence-corrected chi connectivity index (χ3v) is 4.34. The van der Waals surface area contributed by atoms with E-state index < -0.39 is 0 Å². The SMILES string of the molecule is CN(CCC1CCCCN1)CC1CCC(C)(C)O1. The molecule has 18 heavy (non-hydrogen) atoms. The summed E-state index contributed by atoms with van der Waals surface area (Å²) >= 11 is 0. The number of hydrogen-bond donors (Lipinski definition) is 1. The number of hydrogen-bond acceptors (Lipinski definition) is 3. The Morgan fingerprint density at radius 3 is 2.72 bits per heavy atom. The van der Waals surface area contributed by atoms with Crippen LogP contribution in [-0.4, -0.2) is 49.3 Å². The predicted molar refractivity (Wildman–Crippen MR) is 75.9 cm³/mol. The molecule has 2 heterocycles. The first-order valence-electron chi connectivity index (χ1n) is 7.65. The summed E-state index contributed by atoms with van der Waals surface area (Å²) in [6, 6.07) is 0.752. The Bertz CT molecular complexity index is 249. The number of nitrogens with one attached hydrogen (secondary N) is 1. The molecular weight excluding hydrogens is 224 g/mol. The standard InChI is InChI=1S/C15H30N2O/c1-15(2)9-7-14(18-15)12-17(3)11-8-13-6-4-5-10-16-13/h13-14,16H,4-12H2,1-3H3. The van der Waals surface area contributed by atoms with E-state index in [9.17, 15) is 0 Å². The van der Waals surface area contributed by atoms with Gasteiger partial charge in [0.25, 0.3) is 0 Å². The highest BCUT2D eigenvalue weighted by Crippen LogP contribution is 2.29. The number of rotatable bonds is 5. The van der Waals surface area contributed by atoms with Crippen molar-refractivity contribution < 1.29 is 4.74 Å². The lowest BCUT2D eigenvalue weighted by molar-refractivity contribution is -0.0262. The van der Waals surface area contributed by atoms with Crippen molar-refractivity contribution in [1.29, 1.82) is 0 Å². The van der Waals surface area contributed by atoms with Gasteiger partial charge in [0, 0.05) is 12.6 Å². The van der Waals surface area contributed by atoms with E-state index >= 15 is 0 Å². The van der Waals surface area contributed by atoms with Gasteiger partial charge in [-0.25, -0.2) is 0 Å². The Kier molecular flexibility index (Phi) is 5.05. The zero-order chi connectivity index (χ0) is 13.0. The molecule has 2 rings (SSSR count). The van der Waals surface area contributed by atoms with E-state index in [-0.39, 0.29) is 5.60 Å². The minimum absolute atomic E-state index is 0.108. The third-order valence-electron chi connectivity index (χ3n) is 4.34. The molecule has 0 spiro atoms. The van der Waals surface area contributed by atoms with Crippen molar-refractivity contribution in [3.05, 3.63) is 0 Å². The highest BCUT2D eigenvalue weighted by Gasteiger charge is 2.32. The maximum Gasteiger partial charge on any atom is 0.0710 e. The highest BCUT2D eigenvalue weighted by atomic mass is 16.5. The lowest BCUT2D eigenvalue weighted by Crippen LogP contribution is -2.38. The minimum atomic E-state index is 0.108. The molecule has 0 aliphatic carbocycles. The first kappa shape index (κ1) is 14.3. The monoisotopic (exact) mass is 254 g/mol. The quantitative estimate of drug-likeness (QED) is 0.815. The van der Waals surface area contributed by atoms with Crippen LogP contribution in [0.3, 0.4) is 0 Å². The topological polar surface area (TPSA) is 24.5 Å². The molecule has 2 atom stereocenters. The normalized spacial score (nSPS) is 32.0. The maximum atomic E-state index is 6.05. The van der Waals surface area contributed by atoms with Gasteiger partial charge in [-0.2, -0.15) is 0 Å². The number of nitrogens with zero attached hydrogens (tertiary/aromatic N) is 1. The van der Waals surface area contributed by atoms with Gasteiger partial charge in [-0.05, 0) is 66.1 Å². The Morgan fingerprint density at radius 1 is 1.28 bits per heavy atom. The number of ether oxygens (including phenoxy) is 1. The average Bonchev–Trinajstić information content (AvgIpc) is 2.67. The summed E-state index contributed by atoms with van der Waals surface area (Å²) in [7, 11) is 2.23. The van der Waals surface area contributed by atoms with Crippen molar-refractivity contribution in [2.75, 3.05) is 26.7 Å². The Morgan fingerprint density at radius 2 is 2.11 bits per heavy atom. The van der Waals surface area contributed by atoms with Gasteiger partial charge in [-0.15, -0.1) is 0 Å². The molecule has 3 heteroatoms. The molecule has 0 radical (unpaired) electrons. The van der Waals surface area contributed by atoms with E-state index in [1.165, 1.54) is 51.6 Å². The van der Waals surface area contributed by atoms with Crippen LogP contribution in [0.1, 0.15) is 52.4 Å². The second-order valence-corrected chi connectivity index (χ2v) is 6.74. The Hall–Kier alpha value is -0.120. The number of likely N-dealkylation sites (N-methyl/N-ethyl adjacent to an activating group) is 1. The van der Waals surface area contributed by atoms with Gasteiger partial charge >= 0.3 is 0 Å². The summed E-state index contributed by atoms with van der Waals surface area (Å²) in [5, 5.41) is 3.62. The van der Waals surface area contributed by atoms with Crippen molar-refractivity contribution >= 4 is 0 Å². The van der Waals surface area contributed by atoms with Crippen LogP contribution in [0.2, 0.25) is 0 Å². The van der Waals surface area contributed by atoms with Crippen molar-refractivity contribution in [3.63, 3.8) is 0 Å². The van der Waals surface area contributed by atoms with Crippen LogP contribution in [0.4, 0.5) is 0 Å². The fourth-order valence-electron chi connectivity index (χ4n) is 3.19. The smallest absolute Gasteiger partial charge is 0.0710 e. The molecule has 2 fully saturated rings. The lowest BCUT2D eigenvalue weighted by Gasteiger charge is -2.27. The van der Waals surface area contributed by atoms with Crippen LogP contribution in [0, 0.1) is 0 Å². The van der Waals surface area contributed by atoms with E-state index in [0.29, 0.717) is 6.10 Å². The van der Waals surface area contributed by atoms with Gasteiger partial charge in [0.2, 0.25) is 0 Å². The predicted octanol–water partition coefficient (Wildman–Crippen LogP) is 2.41. The van der Waals surface area contributed by atoms with Gasteiger partial charge in [-0.3, -0.25) is 0 Å². The van der Waals surface area contributed by atoms with Crippen LogP contribution in [-0.2, 0) is 4.74 Å². The van der Waals surface area contributed by atoms with Gasteiger partial charge in [0.1, 0.15) is 0 Å². The molecule has 0 bridgehead atoms. The van der Waals surface area contributed by atoms with E-state index in [2.05, 4.69) is 31.1 Å². The molecule has 0 saturated carbocycles. The van der Waals surface area contributed by atoms with Crippen LogP contribution >= 0.6 is 0 Å². The first-order valence-corrected chi connectivity index (χ1v) is 7.65. The molecule has 3 nitrogen and oxygen atoms in total. The minimum Gasteiger partial charge on any atom is -0.371 e. The largest absolute Gasteiger partial charge is 0.371 e.